The summed E-state index contributed by atoms with van der Waals surface area (Å²) in [6, 6.07) is 6.88. The molecule has 0 aromatic heterocycles. The highest BCUT2D eigenvalue weighted by Crippen LogP contribution is 2.15. The molecule has 0 bridgehead atoms. The van der Waals surface area contributed by atoms with Crippen molar-refractivity contribution in [3.05, 3.63) is 29.8 Å². The van der Waals surface area contributed by atoms with Gasteiger partial charge in [-0.1, -0.05) is 12.1 Å². The van der Waals surface area contributed by atoms with Crippen molar-refractivity contribution in [2.24, 2.45) is 0 Å². The van der Waals surface area contributed by atoms with Crippen molar-refractivity contribution in [1.29, 1.82) is 0 Å². The molecule has 0 spiro atoms. The topological polar surface area (TPSA) is 60.9 Å². The summed E-state index contributed by atoms with van der Waals surface area (Å²) in [6.45, 7) is 1.29. The zero-order chi connectivity index (χ0) is 15.2. The first-order valence-electron chi connectivity index (χ1n) is 6.69. The van der Waals surface area contributed by atoms with Gasteiger partial charge < -0.3 is 10.0 Å². The van der Waals surface area contributed by atoms with E-state index >= 15 is 0 Å². The number of aliphatic hydroxyl groups is 1. The maximum Gasteiger partial charge on any atom is 0.242 e. The zero-order valence-corrected chi connectivity index (χ0v) is 13.2. The maximum atomic E-state index is 12.3. The molecule has 0 aliphatic heterocycles. The summed E-state index contributed by atoms with van der Waals surface area (Å²) in [7, 11) is 2.01. The number of likely N-dealkylation sites (N-methyl/N-ethyl adjacent to an activating group) is 2. The lowest BCUT2D eigenvalue weighted by molar-refractivity contribution is 0.288. The molecule has 0 aliphatic carbocycles. The maximum absolute atomic E-state index is 12.3. The van der Waals surface area contributed by atoms with Gasteiger partial charge in [0.1, 0.15) is 0 Å². The molecule has 0 fully saturated rings. The molecule has 0 saturated carbocycles. The number of rotatable bonds is 8. The van der Waals surface area contributed by atoms with Crippen LogP contribution in [0, 0.1) is 0 Å². The Kier molecular flexibility index (Phi) is 6.61. The van der Waals surface area contributed by atoms with Crippen molar-refractivity contribution < 1.29 is 13.5 Å². The van der Waals surface area contributed by atoms with Crippen LogP contribution in [0.5, 0.6) is 0 Å². The first-order valence-corrected chi connectivity index (χ1v) is 8.13. The first-order chi connectivity index (χ1) is 9.37. The van der Waals surface area contributed by atoms with E-state index < -0.39 is 10.0 Å². The first kappa shape index (κ1) is 17.1. The molecule has 5 nitrogen and oxygen atoms in total. The van der Waals surface area contributed by atoms with Crippen LogP contribution in [0.15, 0.2) is 29.2 Å². The Morgan fingerprint density at radius 2 is 1.65 bits per heavy atom. The quantitative estimate of drug-likeness (QED) is 0.771. The minimum Gasteiger partial charge on any atom is -0.396 e. The second-order valence-electron chi connectivity index (χ2n) is 5.10. The van der Waals surface area contributed by atoms with Crippen molar-refractivity contribution in [1.82, 2.24) is 9.21 Å². The molecule has 1 aromatic carbocycles. The lowest BCUT2D eigenvalue weighted by Crippen LogP contribution is -2.33. The monoisotopic (exact) mass is 300 g/mol. The smallest absolute Gasteiger partial charge is 0.242 e. The van der Waals surface area contributed by atoms with Crippen molar-refractivity contribution in [3.8, 4) is 0 Å². The second-order valence-corrected chi connectivity index (χ2v) is 7.15. The standard InChI is InChI=1S/C14H24N2O3S/c1-15(2)10-11-16(3)20(18,19)14-8-6-13(7-9-14)5-4-12-17/h6-9,17H,4-5,10-12H2,1-3H3. The van der Waals surface area contributed by atoms with E-state index in [9.17, 15) is 8.42 Å². The van der Waals surface area contributed by atoms with Crippen LogP contribution in [-0.4, -0.2) is 63.6 Å². The second kappa shape index (κ2) is 7.73. The summed E-state index contributed by atoms with van der Waals surface area (Å²) in [4.78, 5) is 2.26. The Hall–Kier alpha value is -0.950. The molecule has 1 aromatic rings. The molecule has 0 radical (unpaired) electrons. The number of hydrogen-bond acceptors (Lipinski definition) is 4. The minimum atomic E-state index is -3.41. The summed E-state index contributed by atoms with van der Waals surface area (Å²) in [5, 5.41) is 8.78. The van der Waals surface area contributed by atoms with Gasteiger partial charge in [0, 0.05) is 26.7 Å². The van der Waals surface area contributed by atoms with Crippen molar-refractivity contribution in [2.45, 2.75) is 17.7 Å². The highest BCUT2D eigenvalue weighted by atomic mass is 32.2. The summed E-state index contributed by atoms with van der Waals surface area (Å²) >= 11 is 0. The van der Waals surface area contributed by atoms with Crippen molar-refractivity contribution >= 4 is 10.0 Å². The van der Waals surface area contributed by atoms with Gasteiger partial charge in [0.15, 0.2) is 0 Å². The lowest BCUT2D eigenvalue weighted by atomic mass is 10.1. The highest BCUT2D eigenvalue weighted by molar-refractivity contribution is 7.89. The molecule has 0 amide bonds. The van der Waals surface area contributed by atoms with Crippen LogP contribution in [-0.2, 0) is 16.4 Å². The Bertz CT molecular complexity index is 498. The minimum absolute atomic E-state index is 0.146. The molecule has 0 unspecified atom stereocenters. The van der Waals surface area contributed by atoms with Gasteiger partial charge in [-0.05, 0) is 44.6 Å². The average Bonchev–Trinajstić information content (AvgIpc) is 2.42. The normalized spacial score (nSPS) is 12.3. The predicted molar refractivity (Wildman–Crippen MR) is 80.2 cm³/mol. The molecule has 1 N–H and O–H groups in total. The van der Waals surface area contributed by atoms with Crippen LogP contribution in [0.4, 0.5) is 0 Å². The molecule has 20 heavy (non-hydrogen) atoms. The van der Waals surface area contributed by atoms with Gasteiger partial charge in [-0.3, -0.25) is 0 Å². The Balaban J connectivity index is 2.76. The molecule has 0 aliphatic rings. The molecule has 0 atom stereocenters. The van der Waals surface area contributed by atoms with Crippen LogP contribution >= 0.6 is 0 Å². The Labute approximate surface area is 121 Å². The molecule has 0 heterocycles. The summed E-state index contributed by atoms with van der Waals surface area (Å²) in [5.41, 5.74) is 1.04. The number of hydrogen-bond donors (Lipinski definition) is 1. The van der Waals surface area contributed by atoms with E-state index in [-0.39, 0.29) is 6.61 Å². The van der Waals surface area contributed by atoms with Crippen molar-refractivity contribution in [2.75, 3.05) is 40.8 Å². The predicted octanol–water partition coefficient (Wildman–Crippen LogP) is 0.794. The van der Waals surface area contributed by atoms with Gasteiger partial charge in [0.2, 0.25) is 10.0 Å². The fourth-order valence-electron chi connectivity index (χ4n) is 1.75. The third-order valence-electron chi connectivity index (χ3n) is 3.12. The Morgan fingerprint density at radius 1 is 1.05 bits per heavy atom. The van der Waals surface area contributed by atoms with E-state index in [0.29, 0.717) is 24.4 Å². The van der Waals surface area contributed by atoms with Gasteiger partial charge in [0.05, 0.1) is 4.90 Å². The summed E-state index contributed by atoms with van der Waals surface area (Å²) < 4.78 is 26.0. The third kappa shape index (κ3) is 4.86. The molecular formula is C14H24N2O3S. The van der Waals surface area contributed by atoms with Crippen LogP contribution in [0.25, 0.3) is 0 Å². The van der Waals surface area contributed by atoms with E-state index in [0.717, 1.165) is 12.0 Å². The van der Waals surface area contributed by atoms with E-state index in [1.54, 1.807) is 19.2 Å². The number of sulfonamides is 1. The fourth-order valence-corrected chi connectivity index (χ4v) is 2.91. The van der Waals surface area contributed by atoms with Crippen LogP contribution < -0.4 is 0 Å². The van der Waals surface area contributed by atoms with Gasteiger partial charge in [-0.2, -0.15) is 4.31 Å². The van der Waals surface area contributed by atoms with Gasteiger partial charge >= 0.3 is 0 Å². The van der Waals surface area contributed by atoms with E-state index in [1.807, 2.05) is 31.1 Å². The number of nitrogens with zero attached hydrogens (tertiary/aromatic N) is 2. The number of aliphatic hydroxyl groups excluding tert-OH is 1. The molecule has 1 rings (SSSR count). The molecule has 0 saturated heterocycles. The summed E-state index contributed by atoms with van der Waals surface area (Å²) in [5.74, 6) is 0. The SMILES string of the molecule is CN(C)CCN(C)S(=O)(=O)c1ccc(CCCO)cc1. The average molecular weight is 300 g/mol. The lowest BCUT2D eigenvalue weighted by Gasteiger charge is -2.19. The summed E-state index contributed by atoms with van der Waals surface area (Å²) in [6.07, 6.45) is 1.45. The van der Waals surface area contributed by atoms with Crippen LogP contribution in [0.2, 0.25) is 0 Å². The third-order valence-corrected chi connectivity index (χ3v) is 4.99. The molecular weight excluding hydrogens is 276 g/mol. The van der Waals surface area contributed by atoms with Gasteiger partial charge in [-0.15, -0.1) is 0 Å². The van der Waals surface area contributed by atoms with Crippen LogP contribution in [0.3, 0.4) is 0 Å². The van der Waals surface area contributed by atoms with E-state index in [1.165, 1.54) is 4.31 Å². The number of aryl methyl sites for hydroxylation is 1. The molecule has 114 valence electrons. The van der Waals surface area contributed by atoms with Crippen molar-refractivity contribution in [3.63, 3.8) is 0 Å². The fraction of sp³-hybridized carbons (Fsp3) is 0.571. The highest BCUT2D eigenvalue weighted by Gasteiger charge is 2.20. The van der Waals surface area contributed by atoms with E-state index in [4.69, 9.17) is 5.11 Å². The van der Waals surface area contributed by atoms with Gasteiger partial charge in [-0.25, -0.2) is 8.42 Å². The molecule has 6 heteroatoms. The number of benzene rings is 1. The van der Waals surface area contributed by atoms with E-state index in [2.05, 4.69) is 0 Å². The largest absolute Gasteiger partial charge is 0.396 e. The Morgan fingerprint density at radius 3 is 2.15 bits per heavy atom. The zero-order valence-electron chi connectivity index (χ0n) is 12.4. The van der Waals surface area contributed by atoms with Gasteiger partial charge in [0.25, 0.3) is 0 Å². The van der Waals surface area contributed by atoms with Crippen LogP contribution in [0.1, 0.15) is 12.0 Å².